The molecule has 0 spiro atoms. The van der Waals surface area contributed by atoms with Gasteiger partial charge in [0.2, 0.25) is 5.91 Å². The van der Waals surface area contributed by atoms with Crippen LogP contribution in [0.4, 0.5) is 29.3 Å². The van der Waals surface area contributed by atoms with Gasteiger partial charge in [-0.1, -0.05) is 23.7 Å². The summed E-state index contributed by atoms with van der Waals surface area (Å²) in [6.07, 6.45) is -1.43. The van der Waals surface area contributed by atoms with E-state index in [0.717, 1.165) is 31.3 Å². The molecule has 35 heavy (non-hydrogen) atoms. The number of urea groups is 1. The second-order valence-corrected chi connectivity index (χ2v) is 8.86. The molecule has 1 fully saturated rings. The van der Waals surface area contributed by atoms with E-state index < -0.39 is 30.2 Å². The van der Waals surface area contributed by atoms with Crippen LogP contribution in [0.1, 0.15) is 23.7 Å². The van der Waals surface area contributed by atoms with Crippen molar-refractivity contribution in [3.05, 3.63) is 52.9 Å². The lowest BCUT2D eigenvalue weighted by atomic mass is 10.0. The number of aryl methyl sites for hydroxylation is 1. The molecule has 2 aromatic heterocycles. The number of carbonyl (C=O) groups excluding carboxylic acids is 2. The fourth-order valence-corrected chi connectivity index (χ4v) is 4.82. The molecule has 0 radical (unpaired) electrons. The van der Waals surface area contributed by atoms with Gasteiger partial charge in [-0.3, -0.25) is 4.79 Å². The number of hydrogen-bond acceptors (Lipinski definition) is 5. The number of nitrogens with one attached hydrogen (secondary N) is 2. The number of rotatable bonds is 4. The van der Waals surface area contributed by atoms with Crippen LogP contribution >= 0.6 is 11.6 Å². The van der Waals surface area contributed by atoms with Crippen LogP contribution in [0.5, 0.6) is 0 Å². The first-order valence-electron chi connectivity index (χ1n) is 10.9. The molecule has 0 unspecified atom stereocenters. The number of anilines is 2. The Morgan fingerprint density at radius 2 is 2.03 bits per heavy atom. The largest absolute Gasteiger partial charge is 0.413 e. The van der Waals surface area contributed by atoms with E-state index in [2.05, 4.69) is 20.7 Å². The number of likely N-dealkylation sites (N-methyl/N-ethyl adjacent to an activating group) is 1. The Bertz CT molecular complexity index is 1290. The number of halogens is 4. The Morgan fingerprint density at radius 3 is 2.69 bits per heavy atom. The first kappa shape index (κ1) is 23.2. The third-order valence-corrected chi connectivity index (χ3v) is 6.44. The lowest BCUT2D eigenvalue weighted by molar-refractivity contribution is -0.189. The van der Waals surface area contributed by atoms with Crippen LogP contribution < -0.4 is 15.5 Å². The van der Waals surface area contributed by atoms with E-state index in [1.165, 1.54) is 12.1 Å². The van der Waals surface area contributed by atoms with Gasteiger partial charge in [0.05, 0.1) is 17.6 Å². The Balaban J connectivity index is 1.44. The van der Waals surface area contributed by atoms with Crippen LogP contribution in [0.15, 0.2) is 36.5 Å². The van der Waals surface area contributed by atoms with Crippen molar-refractivity contribution >= 4 is 40.6 Å². The van der Waals surface area contributed by atoms with Crippen LogP contribution in [0.3, 0.4) is 0 Å². The topological polar surface area (TPSA) is 94.9 Å². The van der Waals surface area contributed by atoms with E-state index >= 15 is 0 Å². The summed E-state index contributed by atoms with van der Waals surface area (Å²) in [5.41, 5.74) is 2.96. The maximum atomic E-state index is 14.0. The highest BCUT2D eigenvalue weighted by Crippen LogP contribution is 2.39. The number of nitrogens with zero attached hydrogens (tertiary/aromatic N) is 5. The molecule has 2 aliphatic heterocycles. The summed E-state index contributed by atoms with van der Waals surface area (Å²) in [6, 6.07) is 3.79. The number of aromatic nitrogens is 3. The molecule has 1 saturated heterocycles. The molecular formula is C22H21ClF3N7O2. The summed E-state index contributed by atoms with van der Waals surface area (Å²) in [7, 11) is 1.09. The molecule has 13 heteroatoms. The molecule has 3 amide bonds. The van der Waals surface area contributed by atoms with Gasteiger partial charge in [-0.05, 0) is 30.5 Å². The van der Waals surface area contributed by atoms with Gasteiger partial charge in [0.15, 0.2) is 16.8 Å². The monoisotopic (exact) mass is 507 g/mol. The minimum atomic E-state index is -4.71. The SMILES string of the molecule is CN(C(=O)[C@H]1CNC(=O)N1)[C@@H](c1ccc(N2CCCc3c2cnc2cc(Cl)nn32)cc1)C(F)(F)F. The van der Waals surface area contributed by atoms with E-state index in [0.29, 0.717) is 27.9 Å². The molecule has 1 aromatic carbocycles. The van der Waals surface area contributed by atoms with Gasteiger partial charge in [-0.25, -0.2) is 14.3 Å². The highest BCUT2D eigenvalue weighted by atomic mass is 35.5. The molecule has 2 aliphatic rings. The summed E-state index contributed by atoms with van der Waals surface area (Å²) in [5.74, 6) is -0.826. The number of fused-ring (bicyclic) bond motifs is 3. The van der Waals surface area contributed by atoms with Crippen molar-refractivity contribution in [2.24, 2.45) is 0 Å². The van der Waals surface area contributed by atoms with Crippen molar-refractivity contribution in [3.8, 4) is 0 Å². The Labute approximate surface area is 202 Å². The van der Waals surface area contributed by atoms with Crippen LogP contribution in [0.25, 0.3) is 5.65 Å². The molecule has 0 saturated carbocycles. The van der Waals surface area contributed by atoms with E-state index in [1.807, 2.05) is 4.90 Å². The molecule has 0 bridgehead atoms. The van der Waals surface area contributed by atoms with Crippen molar-refractivity contribution in [1.29, 1.82) is 0 Å². The number of amides is 3. The third-order valence-electron chi connectivity index (χ3n) is 6.25. The van der Waals surface area contributed by atoms with Crippen LogP contribution in [0.2, 0.25) is 5.15 Å². The summed E-state index contributed by atoms with van der Waals surface area (Å²) < 4.78 is 43.8. The maximum Gasteiger partial charge on any atom is 0.413 e. The zero-order valence-corrected chi connectivity index (χ0v) is 19.3. The predicted molar refractivity (Wildman–Crippen MR) is 122 cm³/mol. The zero-order chi connectivity index (χ0) is 24.9. The standard InChI is InChI=1S/C22H21ClF3N7O2/c1-31(20(34)14-10-28-21(35)29-14)19(22(24,25)26)12-4-6-13(7-5-12)32-8-2-3-15-16(32)11-27-18-9-17(23)30-33(15)18/h4-7,9,11,14,19H,2-3,8,10H2,1H3,(H2,28,29,35)/t14-,19+/m1/s1. The van der Waals surface area contributed by atoms with Crippen LogP contribution in [-0.2, 0) is 11.2 Å². The van der Waals surface area contributed by atoms with Crippen molar-refractivity contribution in [1.82, 2.24) is 30.1 Å². The van der Waals surface area contributed by atoms with Crippen molar-refractivity contribution in [2.45, 2.75) is 31.1 Å². The zero-order valence-electron chi connectivity index (χ0n) is 18.5. The lowest BCUT2D eigenvalue weighted by Gasteiger charge is -2.33. The Morgan fingerprint density at radius 1 is 1.29 bits per heavy atom. The smallest absolute Gasteiger partial charge is 0.339 e. The minimum absolute atomic E-state index is 0.0668. The quantitative estimate of drug-likeness (QED) is 0.565. The van der Waals surface area contributed by atoms with Gasteiger partial charge in [0.1, 0.15) is 6.04 Å². The van der Waals surface area contributed by atoms with E-state index in [-0.39, 0.29) is 12.1 Å². The average molecular weight is 508 g/mol. The lowest BCUT2D eigenvalue weighted by Crippen LogP contribution is -2.48. The number of carbonyl (C=O) groups is 2. The van der Waals surface area contributed by atoms with Gasteiger partial charge in [0, 0.05) is 31.9 Å². The number of hydrogen-bond donors (Lipinski definition) is 2. The molecule has 184 valence electrons. The molecule has 4 heterocycles. The highest BCUT2D eigenvalue weighted by molar-refractivity contribution is 6.29. The number of benzene rings is 1. The summed E-state index contributed by atoms with van der Waals surface area (Å²) in [4.78, 5) is 31.0. The van der Waals surface area contributed by atoms with Gasteiger partial charge in [-0.2, -0.15) is 18.3 Å². The maximum absolute atomic E-state index is 14.0. The van der Waals surface area contributed by atoms with Gasteiger partial charge in [-0.15, -0.1) is 0 Å². The summed E-state index contributed by atoms with van der Waals surface area (Å²) in [5, 5.41) is 9.34. The van der Waals surface area contributed by atoms with Crippen LogP contribution in [0, 0.1) is 0 Å². The highest BCUT2D eigenvalue weighted by Gasteiger charge is 2.47. The summed E-state index contributed by atoms with van der Waals surface area (Å²) >= 11 is 6.03. The Hall–Kier alpha value is -3.54. The van der Waals surface area contributed by atoms with Gasteiger partial charge >= 0.3 is 12.2 Å². The predicted octanol–water partition coefficient (Wildman–Crippen LogP) is 3.21. The van der Waals surface area contributed by atoms with Crippen molar-refractivity contribution in [3.63, 3.8) is 0 Å². The fraction of sp³-hybridized carbons (Fsp3) is 0.364. The first-order valence-corrected chi connectivity index (χ1v) is 11.3. The molecule has 2 atom stereocenters. The average Bonchev–Trinajstić information content (AvgIpc) is 3.42. The molecular weight excluding hydrogens is 487 g/mol. The molecule has 2 N–H and O–H groups in total. The second kappa shape index (κ2) is 8.59. The van der Waals surface area contributed by atoms with Gasteiger partial charge < -0.3 is 20.4 Å². The summed E-state index contributed by atoms with van der Waals surface area (Å²) in [6.45, 7) is 0.590. The second-order valence-electron chi connectivity index (χ2n) is 8.47. The fourth-order valence-electron chi connectivity index (χ4n) is 4.64. The number of alkyl halides is 3. The van der Waals surface area contributed by atoms with Crippen molar-refractivity contribution < 1.29 is 22.8 Å². The van der Waals surface area contributed by atoms with Crippen molar-refractivity contribution in [2.75, 3.05) is 25.0 Å². The van der Waals surface area contributed by atoms with E-state index in [1.54, 1.807) is 28.9 Å². The normalized spacial score (nSPS) is 18.7. The Kier molecular flexibility index (Phi) is 5.70. The molecule has 5 rings (SSSR count). The third kappa shape index (κ3) is 4.22. The molecule has 0 aliphatic carbocycles. The van der Waals surface area contributed by atoms with E-state index in [9.17, 15) is 22.8 Å². The minimum Gasteiger partial charge on any atom is -0.339 e. The van der Waals surface area contributed by atoms with Gasteiger partial charge in [0.25, 0.3) is 0 Å². The molecule has 9 nitrogen and oxygen atoms in total. The molecule has 3 aromatic rings. The van der Waals surface area contributed by atoms with Crippen LogP contribution in [-0.4, -0.2) is 63.8 Å². The first-order chi connectivity index (χ1) is 16.6. The van der Waals surface area contributed by atoms with E-state index in [4.69, 9.17) is 11.6 Å².